The molecule has 0 aromatic heterocycles. The maximum atomic E-state index is 12.1. The van der Waals surface area contributed by atoms with Gasteiger partial charge in [-0.25, -0.2) is 4.79 Å². The largest absolute Gasteiger partial charge is 0.480 e. The summed E-state index contributed by atoms with van der Waals surface area (Å²) in [6.45, 7) is 2.65. The summed E-state index contributed by atoms with van der Waals surface area (Å²) < 4.78 is 0. The van der Waals surface area contributed by atoms with Crippen LogP contribution in [-0.2, 0) is 14.4 Å². The van der Waals surface area contributed by atoms with Gasteiger partial charge < -0.3 is 14.9 Å². The van der Waals surface area contributed by atoms with Gasteiger partial charge in [0.2, 0.25) is 11.8 Å². The van der Waals surface area contributed by atoms with Gasteiger partial charge in [-0.1, -0.05) is 0 Å². The number of carbonyl (C=O) groups excluding carboxylic acids is 2. The first-order chi connectivity index (χ1) is 8.45. The first-order valence-corrected chi connectivity index (χ1v) is 6.27. The van der Waals surface area contributed by atoms with Crippen molar-refractivity contribution >= 4 is 17.8 Å². The Morgan fingerprint density at radius 1 is 1.33 bits per heavy atom. The van der Waals surface area contributed by atoms with Crippen LogP contribution >= 0.6 is 0 Å². The van der Waals surface area contributed by atoms with E-state index < -0.39 is 11.5 Å². The number of carboxylic acid groups (broad SMARTS) is 1. The molecule has 0 spiro atoms. The SMILES string of the molecule is CC1(C(=O)O)CCCN1C(=O)CN1CCCC1=O. The third-order valence-corrected chi connectivity index (χ3v) is 3.90. The van der Waals surface area contributed by atoms with Crippen molar-refractivity contribution in [1.82, 2.24) is 9.80 Å². The van der Waals surface area contributed by atoms with Gasteiger partial charge in [-0.05, 0) is 26.2 Å². The quantitative estimate of drug-likeness (QED) is 0.773. The Morgan fingerprint density at radius 3 is 2.61 bits per heavy atom. The fraction of sp³-hybridized carbons (Fsp3) is 0.750. The van der Waals surface area contributed by atoms with Crippen LogP contribution in [-0.4, -0.2) is 57.9 Å². The molecule has 0 saturated carbocycles. The van der Waals surface area contributed by atoms with Crippen molar-refractivity contribution in [2.75, 3.05) is 19.6 Å². The predicted octanol–water partition coefficient (Wildman–Crippen LogP) is 0.0745. The first-order valence-electron chi connectivity index (χ1n) is 6.27. The van der Waals surface area contributed by atoms with E-state index >= 15 is 0 Å². The molecule has 2 aliphatic rings. The van der Waals surface area contributed by atoms with Gasteiger partial charge in [-0.3, -0.25) is 9.59 Å². The number of aliphatic carboxylic acids is 1. The number of carboxylic acids is 1. The van der Waals surface area contributed by atoms with Gasteiger partial charge in [0, 0.05) is 19.5 Å². The highest BCUT2D eigenvalue weighted by atomic mass is 16.4. The van der Waals surface area contributed by atoms with Crippen LogP contribution in [0.4, 0.5) is 0 Å². The number of likely N-dealkylation sites (tertiary alicyclic amines) is 2. The summed E-state index contributed by atoms with van der Waals surface area (Å²) in [6, 6.07) is 0. The van der Waals surface area contributed by atoms with Gasteiger partial charge >= 0.3 is 5.97 Å². The average molecular weight is 254 g/mol. The molecule has 6 heteroatoms. The lowest BCUT2D eigenvalue weighted by Gasteiger charge is -2.32. The molecule has 0 bridgehead atoms. The van der Waals surface area contributed by atoms with E-state index in [1.807, 2.05) is 0 Å². The molecule has 0 aromatic rings. The molecule has 2 aliphatic heterocycles. The minimum atomic E-state index is -1.11. The summed E-state index contributed by atoms with van der Waals surface area (Å²) in [4.78, 5) is 37.8. The van der Waals surface area contributed by atoms with Crippen molar-refractivity contribution < 1.29 is 19.5 Å². The number of rotatable bonds is 3. The first kappa shape index (κ1) is 12.9. The Morgan fingerprint density at radius 2 is 2.06 bits per heavy atom. The molecule has 100 valence electrons. The van der Waals surface area contributed by atoms with Crippen LogP contribution in [0.5, 0.6) is 0 Å². The summed E-state index contributed by atoms with van der Waals surface area (Å²) >= 11 is 0. The molecule has 0 aliphatic carbocycles. The van der Waals surface area contributed by atoms with Crippen LogP contribution < -0.4 is 0 Å². The molecule has 0 aromatic carbocycles. The summed E-state index contributed by atoms with van der Waals surface area (Å²) in [5.74, 6) is -1.24. The second kappa shape index (κ2) is 4.59. The molecule has 6 nitrogen and oxygen atoms in total. The third-order valence-electron chi connectivity index (χ3n) is 3.90. The molecular weight excluding hydrogens is 236 g/mol. The monoisotopic (exact) mass is 254 g/mol. The van der Waals surface area contributed by atoms with Crippen LogP contribution in [0.1, 0.15) is 32.6 Å². The third kappa shape index (κ3) is 2.07. The zero-order valence-electron chi connectivity index (χ0n) is 10.5. The molecule has 1 atom stereocenters. The van der Waals surface area contributed by atoms with E-state index in [0.717, 1.165) is 6.42 Å². The van der Waals surface area contributed by atoms with E-state index in [1.54, 1.807) is 6.92 Å². The molecule has 1 N–H and O–H groups in total. The maximum Gasteiger partial charge on any atom is 0.329 e. The Kier molecular flexibility index (Phi) is 3.28. The molecule has 18 heavy (non-hydrogen) atoms. The molecule has 1 unspecified atom stereocenters. The molecule has 2 heterocycles. The minimum absolute atomic E-state index is 0.0143. The Balaban J connectivity index is 2.04. The van der Waals surface area contributed by atoms with E-state index in [2.05, 4.69) is 0 Å². The number of amides is 2. The van der Waals surface area contributed by atoms with Crippen molar-refractivity contribution in [3.8, 4) is 0 Å². The summed E-state index contributed by atoms with van der Waals surface area (Å²) in [5, 5.41) is 9.23. The zero-order chi connectivity index (χ0) is 13.3. The van der Waals surface area contributed by atoms with Gasteiger partial charge in [0.1, 0.15) is 5.54 Å². The fourth-order valence-corrected chi connectivity index (χ4v) is 2.71. The van der Waals surface area contributed by atoms with Crippen LogP contribution in [0, 0.1) is 0 Å². The standard InChI is InChI=1S/C12H18N2O4/c1-12(11(17)18)5-3-7-14(12)10(16)8-13-6-2-4-9(13)15/h2-8H2,1H3,(H,17,18). The van der Waals surface area contributed by atoms with E-state index in [0.29, 0.717) is 32.4 Å². The molecule has 2 saturated heterocycles. The summed E-state index contributed by atoms with van der Waals surface area (Å²) in [5.41, 5.74) is -1.11. The average Bonchev–Trinajstić information content (AvgIpc) is 2.87. The van der Waals surface area contributed by atoms with Crippen molar-refractivity contribution in [3.63, 3.8) is 0 Å². The van der Waals surface area contributed by atoms with Gasteiger partial charge in [-0.2, -0.15) is 0 Å². The predicted molar refractivity (Wildman–Crippen MR) is 62.8 cm³/mol. The minimum Gasteiger partial charge on any atom is -0.480 e. The van der Waals surface area contributed by atoms with E-state index in [4.69, 9.17) is 0 Å². The molecule has 0 radical (unpaired) electrons. The van der Waals surface area contributed by atoms with Gasteiger partial charge in [-0.15, -0.1) is 0 Å². The van der Waals surface area contributed by atoms with Crippen LogP contribution in [0.25, 0.3) is 0 Å². The smallest absolute Gasteiger partial charge is 0.329 e. The van der Waals surface area contributed by atoms with Crippen molar-refractivity contribution in [3.05, 3.63) is 0 Å². The van der Waals surface area contributed by atoms with Crippen molar-refractivity contribution in [1.29, 1.82) is 0 Å². The second-order valence-corrected chi connectivity index (χ2v) is 5.15. The highest BCUT2D eigenvalue weighted by molar-refractivity contribution is 5.90. The Hall–Kier alpha value is -1.59. The van der Waals surface area contributed by atoms with E-state index in [1.165, 1.54) is 9.80 Å². The molecular formula is C12H18N2O4. The number of nitrogens with zero attached hydrogens (tertiary/aromatic N) is 2. The second-order valence-electron chi connectivity index (χ2n) is 5.15. The van der Waals surface area contributed by atoms with Gasteiger partial charge in [0.15, 0.2) is 0 Å². The highest BCUT2D eigenvalue weighted by Crippen LogP contribution is 2.29. The lowest BCUT2D eigenvalue weighted by molar-refractivity contribution is -0.156. The van der Waals surface area contributed by atoms with Gasteiger partial charge in [0.25, 0.3) is 0 Å². The van der Waals surface area contributed by atoms with E-state index in [-0.39, 0.29) is 18.4 Å². The molecule has 2 fully saturated rings. The number of hydrogen-bond acceptors (Lipinski definition) is 3. The lowest BCUT2D eigenvalue weighted by atomic mass is 9.99. The van der Waals surface area contributed by atoms with Crippen molar-refractivity contribution in [2.24, 2.45) is 0 Å². The Bertz CT molecular complexity index is 396. The van der Waals surface area contributed by atoms with Gasteiger partial charge in [0.05, 0.1) is 6.54 Å². The normalized spacial score (nSPS) is 27.9. The Labute approximate surface area is 106 Å². The van der Waals surface area contributed by atoms with Crippen molar-refractivity contribution in [2.45, 2.75) is 38.1 Å². The van der Waals surface area contributed by atoms with Crippen LogP contribution in [0.2, 0.25) is 0 Å². The van der Waals surface area contributed by atoms with Crippen LogP contribution in [0.3, 0.4) is 0 Å². The van der Waals surface area contributed by atoms with Crippen LogP contribution in [0.15, 0.2) is 0 Å². The highest BCUT2D eigenvalue weighted by Gasteiger charge is 2.46. The number of carbonyl (C=O) groups is 3. The lowest BCUT2D eigenvalue weighted by Crippen LogP contribution is -2.53. The summed E-state index contributed by atoms with van der Waals surface area (Å²) in [6.07, 6.45) is 2.44. The maximum absolute atomic E-state index is 12.1. The zero-order valence-corrected chi connectivity index (χ0v) is 10.5. The molecule has 2 rings (SSSR count). The topological polar surface area (TPSA) is 77.9 Å². The molecule has 2 amide bonds. The number of hydrogen-bond donors (Lipinski definition) is 1. The van der Waals surface area contributed by atoms with E-state index in [9.17, 15) is 19.5 Å². The fourth-order valence-electron chi connectivity index (χ4n) is 2.71. The summed E-state index contributed by atoms with van der Waals surface area (Å²) in [7, 11) is 0.